The Hall–Kier alpha value is -4.48. The van der Waals surface area contributed by atoms with Gasteiger partial charge in [-0.2, -0.15) is 0 Å². The molecule has 0 unspecified atom stereocenters. The third-order valence-electron chi connectivity index (χ3n) is 6.68. The number of nitrogens with zero attached hydrogens (tertiary/aromatic N) is 2. The number of anilines is 1. The van der Waals surface area contributed by atoms with E-state index < -0.39 is 12.0 Å². The minimum absolute atomic E-state index is 0.262. The Bertz CT molecular complexity index is 1930. The Labute approximate surface area is 266 Å². The van der Waals surface area contributed by atoms with Crippen LogP contribution in [0, 0.1) is 0 Å². The third kappa shape index (κ3) is 6.53. The van der Waals surface area contributed by atoms with Crippen molar-refractivity contribution in [2.45, 2.75) is 33.7 Å². The zero-order valence-corrected chi connectivity index (χ0v) is 27.0. The maximum Gasteiger partial charge on any atom is 0.308 e. The minimum atomic E-state index is -0.732. The molecule has 1 aliphatic rings. The topological polar surface area (TPSA) is 108 Å². The number of rotatable bonds is 9. The second-order valence-corrected chi connectivity index (χ2v) is 11.6. The Kier molecular flexibility index (Phi) is 9.46. The molecule has 5 rings (SSSR count). The van der Waals surface area contributed by atoms with Crippen LogP contribution in [-0.2, 0) is 9.59 Å². The van der Waals surface area contributed by atoms with Crippen LogP contribution in [0.5, 0.6) is 17.2 Å². The van der Waals surface area contributed by atoms with Gasteiger partial charge in [0.25, 0.3) is 11.5 Å². The highest BCUT2D eigenvalue weighted by atomic mass is 79.9. The largest absolute Gasteiger partial charge is 0.494 e. The van der Waals surface area contributed by atoms with Crippen LogP contribution in [0.25, 0.3) is 6.08 Å². The molecule has 1 atom stereocenters. The first-order chi connectivity index (χ1) is 21.2. The zero-order chi connectivity index (χ0) is 31.4. The fraction of sp³-hybridized carbons (Fsp3) is 0.212. The summed E-state index contributed by atoms with van der Waals surface area (Å²) in [6.07, 6.45) is 1.73. The number of carbonyl (C=O) groups excluding carboxylic acids is 2. The Morgan fingerprint density at radius 3 is 2.41 bits per heavy atom. The number of allylic oxidation sites excluding steroid dienone is 1. The molecule has 1 amide bonds. The first-order valence-electron chi connectivity index (χ1n) is 14.0. The van der Waals surface area contributed by atoms with Gasteiger partial charge in [-0.3, -0.25) is 19.0 Å². The fourth-order valence-electron chi connectivity index (χ4n) is 4.89. The second-order valence-electron chi connectivity index (χ2n) is 9.76. The number of aromatic nitrogens is 1. The Morgan fingerprint density at radius 2 is 1.75 bits per heavy atom. The molecule has 226 valence electrons. The van der Waals surface area contributed by atoms with Crippen molar-refractivity contribution in [1.82, 2.24) is 4.57 Å². The predicted molar refractivity (Wildman–Crippen MR) is 173 cm³/mol. The van der Waals surface area contributed by atoms with Crippen molar-refractivity contribution in [3.8, 4) is 17.2 Å². The van der Waals surface area contributed by atoms with Gasteiger partial charge in [0.2, 0.25) is 0 Å². The van der Waals surface area contributed by atoms with Gasteiger partial charge in [-0.15, -0.1) is 0 Å². The van der Waals surface area contributed by atoms with Crippen LogP contribution in [0.3, 0.4) is 0 Å². The summed E-state index contributed by atoms with van der Waals surface area (Å²) in [7, 11) is 0. The number of halogens is 1. The molecule has 2 heterocycles. The van der Waals surface area contributed by atoms with Crippen molar-refractivity contribution in [2.24, 2.45) is 4.99 Å². The van der Waals surface area contributed by atoms with E-state index in [2.05, 4.69) is 21.2 Å². The normalized spacial score (nSPS) is 14.5. The average Bonchev–Trinajstić information content (AvgIpc) is 3.29. The summed E-state index contributed by atoms with van der Waals surface area (Å²) in [5.74, 6) is 0.478. The molecular weight excluding hydrogens is 646 g/mol. The highest BCUT2D eigenvalue weighted by Gasteiger charge is 2.32. The van der Waals surface area contributed by atoms with E-state index in [-0.39, 0.29) is 17.2 Å². The number of amides is 1. The summed E-state index contributed by atoms with van der Waals surface area (Å²) < 4.78 is 19.2. The number of esters is 1. The van der Waals surface area contributed by atoms with Crippen LogP contribution < -0.4 is 34.4 Å². The van der Waals surface area contributed by atoms with Gasteiger partial charge in [-0.25, -0.2) is 4.99 Å². The first-order valence-corrected chi connectivity index (χ1v) is 15.6. The van der Waals surface area contributed by atoms with Gasteiger partial charge in [0.1, 0.15) is 5.75 Å². The molecule has 9 nitrogen and oxygen atoms in total. The maximum atomic E-state index is 14.1. The molecule has 0 saturated carbocycles. The lowest BCUT2D eigenvalue weighted by Gasteiger charge is -2.25. The number of hydrogen-bond acceptors (Lipinski definition) is 8. The van der Waals surface area contributed by atoms with Gasteiger partial charge in [0.05, 0.1) is 39.5 Å². The summed E-state index contributed by atoms with van der Waals surface area (Å²) in [6, 6.07) is 19.2. The summed E-state index contributed by atoms with van der Waals surface area (Å²) >= 11 is 4.69. The lowest BCUT2D eigenvalue weighted by atomic mass is 9.95. The summed E-state index contributed by atoms with van der Waals surface area (Å²) in [5.41, 5.74) is 2.59. The van der Waals surface area contributed by atoms with E-state index in [0.29, 0.717) is 61.0 Å². The van der Waals surface area contributed by atoms with Gasteiger partial charge in [-0.1, -0.05) is 41.7 Å². The Morgan fingerprint density at radius 1 is 1.05 bits per heavy atom. The smallest absolute Gasteiger partial charge is 0.308 e. The first kappa shape index (κ1) is 31.0. The molecule has 0 spiro atoms. The molecule has 3 aromatic carbocycles. The molecule has 0 fully saturated rings. The quantitative estimate of drug-likeness (QED) is 0.189. The SMILES string of the molecule is CCOc1ccc([C@H]2C(C(=O)Nc3ccccc3)=C(C)N=c3s/c(=C\c4cc(Br)c(OC(C)=O)c(OCC)c4)c(=O)n32)cc1. The number of thiazole rings is 1. The van der Waals surface area contributed by atoms with E-state index in [0.717, 1.165) is 5.56 Å². The van der Waals surface area contributed by atoms with Gasteiger partial charge < -0.3 is 19.5 Å². The molecule has 4 aromatic rings. The minimum Gasteiger partial charge on any atom is -0.494 e. The average molecular weight is 677 g/mol. The van der Waals surface area contributed by atoms with Crippen LogP contribution in [0.2, 0.25) is 0 Å². The highest BCUT2D eigenvalue weighted by Crippen LogP contribution is 2.37. The second kappa shape index (κ2) is 13.4. The van der Waals surface area contributed by atoms with Gasteiger partial charge in [-0.05, 0) is 90.3 Å². The zero-order valence-electron chi connectivity index (χ0n) is 24.5. The summed E-state index contributed by atoms with van der Waals surface area (Å²) in [4.78, 5) is 44.7. The lowest BCUT2D eigenvalue weighted by molar-refractivity contribution is -0.132. The summed E-state index contributed by atoms with van der Waals surface area (Å²) in [5, 5.41) is 2.96. The molecule has 0 saturated heterocycles. The molecular formula is C33H30BrN3O6S. The lowest BCUT2D eigenvalue weighted by Crippen LogP contribution is -2.40. The highest BCUT2D eigenvalue weighted by molar-refractivity contribution is 9.10. The molecule has 0 radical (unpaired) electrons. The molecule has 1 N–H and O–H groups in total. The van der Waals surface area contributed by atoms with Crippen LogP contribution in [0.4, 0.5) is 5.69 Å². The number of fused-ring (bicyclic) bond motifs is 1. The number of benzene rings is 3. The number of ether oxygens (including phenoxy) is 3. The number of hydrogen-bond donors (Lipinski definition) is 1. The maximum absolute atomic E-state index is 14.1. The number of para-hydroxylation sites is 1. The van der Waals surface area contributed by atoms with Gasteiger partial charge in [0.15, 0.2) is 16.3 Å². The fourth-order valence-corrected chi connectivity index (χ4v) is 6.48. The number of nitrogens with one attached hydrogen (secondary N) is 1. The Balaban J connectivity index is 1.65. The number of carbonyl (C=O) groups is 2. The standard InChI is InChI=1S/C33H30BrN3O6S/c1-5-41-24-14-12-22(13-15-24)29-28(31(39)36-23-10-8-7-9-11-23)19(3)35-33-37(29)32(40)27(44-33)18-21-16-25(34)30(43-20(4)38)26(17-21)42-6-2/h7-18,29H,5-6H2,1-4H3,(H,36,39)/b27-18-/t29-/m0/s1. The van der Waals surface area contributed by atoms with Crippen molar-refractivity contribution in [1.29, 1.82) is 0 Å². The molecule has 1 aliphatic heterocycles. The predicted octanol–water partition coefficient (Wildman–Crippen LogP) is 5.36. The van der Waals surface area contributed by atoms with Crippen molar-refractivity contribution in [3.63, 3.8) is 0 Å². The van der Waals surface area contributed by atoms with E-state index in [4.69, 9.17) is 19.2 Å². The van der Waals surface area contributed by atoms with Crippen LogP contribution in [-0.4, -0.2) is 29.7 Å². The van der Waals surface area contributed by atoms with Crippen molar-refractivity contribution in [3.05, 3.63) is 113 Å². The molecule has 44 heavy (non-hydrogen) atoms. The van der Waals surface area contributed by atoms with Gasteiger partial charge >= 0.3 is 5.97 Å². The molecule has 11 heteroatoms. The van der Waals surface area contributed by atoms with E-state index in [1.807, 2.05) is 56.3 Å². The molecule has 0 bridgehead atoms. The summed E-state index contributed by atoms with van der Waals surface area (Å²) in [6.45, 7) is 7.68. The van der Waals surface area contributed by atoms with Crippen LogP contribution in [0.15, 0.2) is 92.3 Å². The molecule has 0 aliphatic carbocycles. The molecule has 1 aromatic heterocycles. The van der Waals surface area contributed by atoms with Crippen LogP contribution in [0.1, 0.15) is 44.9 Å². The third-order valence-corrected chi connectivity index (χ3v) is 8.25. The van der Waals surface area contributed by atoms with E-state index in [1.54, 1.807) is 41.8 Å². The van der Waals surface area contributed by atoms with E-state index in [9.17, 15) is 14.4 Å². The van der Waals surface area contributed by atoms with E-state index >= 15 is 0 Å². The van der Waals surface area contributed by atoms with Gasteiger partial charge in [0, 0.05) is 12.6 Å². The van der Waals surface area contributed by atoms with E-state index in [1.165, 1.54) is 18.3 Å². The monoisotopic (exact) mass is 675 g/mol. The van der Waals surface area contributed by atoms with Crippen molar-refractivity contribution < 1.29 is 23.8 Å². The van der Waals surface area contributed by atoms with Crippen molar-refractivity contribution in [2.75, 3.05) is 18.5 Å². The van der Waals surface area contributed by atoms with Crippen molar-refractivity contribution >= 4 is 50.9 Å². The van der Waals surface area contributed by atoms with Crippen LogP contribution >= 0.6 is 27.3 Å².